The predicted octanol–water partition coefficient (Wildman–Crippen LogP) is 3.20. The van der Waals surface area contributed by atoms with Gasteiger partial charge in [-0.25, -0.2) is 0 Å². The molecule has 2 atom stereocenters. The molecule has 0 N–H and O–H groups in total. The van der Waals surface area contributed by atoms with Gasteiger partial charge in [-0.3, -0.25) is 9.69 Å². The van der Waals surface area contributed by atoms with E-state index in [4.69, 9.17) is 0 Å². The average Bonchev–Trinajstić information content (AvgIpc) is 2.55. The van der Waals surface area contributed by atoms with E-state index in [9.17, 15) is 4.79 Å². The summed E-state index contributed by atoms with van der Waals surface area (Å²) in [6, 6.07) is 10.8. The number of nitrogens with zero attached hydrogens (tertiary/aromatic N) is 2. The van der Waals surface area contributed by atoms with Crippen LogP contribution in [-0.2, 0) is 11.2 Å². The van der Waals surface area contributed by atoms with Gasteiger partial charge in [0, 0.05) is 32.2 Å². The Hall–Kier alpha value is -1.35. The number of hydrogen-bond acceptors (Lipinski definition) is 2. The second-order valence-corrected chi connectivity index (χ2v) is 7.67. The third-order valence-corrected chi connectivity index (χ3v) is 5.43. The molecular formula is C20H30N2O. The van der Waals surface area contributed by atoms with E-state index in [2.05, 4.69) is 23.6 Å². The van der Waals surface area contributed by atoms with Crippen molar-refractivity contribution in [3.63, 3.8) is 0 Å². The summed E-state index contributed by atoms with van der Waals surface area (Å²) in [4.78, 5) is 17.2. The van der Waals surface area contributed by atoms with Crippen molar-refractivity contribution in [1.29, 1.82) is 0 Å². The van der Waals surface area contributed by atoms with Gasteiger partial charge in [0.2, 0.25) is 5.91 Å². The van der Waals surface area contributed by atoms with Gasteiger partial charge in [0.05, 0.1) is 6.42 Å². The van der Waals surface area contributed by atoms with Crippen LogP contribution in [0.4, 0.5) is 0 Å². The predicted molar refractivity (Wildman–Crippen MR) is 94.3 cm³/mol. The molecule has 0 unspecified atom stereocenters. The molecule has 0 aromatic heterocycles. The molecule has 2 heterocycles. The molecule has 3 nitrogen and oxygen atoms in total. The lowest BCUT2D eigenvalue weighted by molar-refractivity contribution is -0.132. The molecule has 2 saturated heterocycles. The molecule has 2 fully saturated rings. The van der Waals surface area contributed by atoms with Crippen molar-refractivity contribution in [1.82, 2.24) is 9.80 Å². The summed E-state index contributed by atoms with van der Waals surface area (Å²) in [5, 5.41) is 0. The highest BCUT2D eigenvalue weighted by Gasteiger charge is 2.31. The van der Waals surface area contributed by atoms with Gasteiger partial charge >= 0.3 is 0 Å². The Labute approximate surface area is 140 Å². The summed E-state index contributed by atoms with van der Waals surface area (Å²) in [5.74, 6) is 1.92. The number of rotatable bonds is 3. The lowest BCUT2D eigenvalue weighted by atomic mass is 9.89. The fourth-order valence-corrected chi connectivity index (χ4v) is 4.37. The van der Waals surface area contributed by atoms with Crippen LogP contribution in [0.1, 0.15) is 38.7 Å². The van der Waals surface area contributed by atoms with Gasteiger partial charge in [-0.15, -0.1) is 0 Å². The summed E-state index contributed by atoms with van der Waals surface area (Å²) in [6.45, 7) is 9.09. The fraction of sp³-hybridized carbons (Fsp3) is 0.650. The lowest BCUT2D eigenvalue weighted by Crippen LogP contribution is -2.51. The van der Waals surface area contributed by atoms with E-state index >= 15 is 0 Å². The minimum atomic E-state index is 0.287. The first-order valence-electron chi connectivity index (χ1n) is 9.17. The number of hydrogen-bond donors (Lipinski definition) is 0. The molecular weight excluding hydrogens is 284 g/mol. The Morgan fingerprint density at radius 1 is 1.04 bits per heavy atom. The normalized spacial score (nSPS) is 27.1. The molecule has 0 saturated carbocycles. The van der Waals surface area contributed by atoms with Crippen LogP contribution in [0, 0.1) is 11.8 Å². The topological polar surface area (TPSA) is 23.6 Å². The Kier molecular flexibility index (Phi) is 5.37. The zero-order valence-corrected chi connectivity index (χ0v) is 14.6. The van der Waals surface area contributed by atoms with Crippen molar-refractivity contribution < 1.29 is 4.79 Å². The van der Waals surface area contributed by atoms with Crippen molar-refractivity contribution in [3.05, 3.63) is 35.9 Å². The summed E-state index contributed by atoms with van der Waals surface area (Å²) < 4.78 is 0. The van der Waals surface area contributed by atoms with Gasteiger partial charge < -0.3 is 4.90 Å². The first kappa shape index (κ1) is 16.5. The van der Waals surface area contributed by atoms with Crippen LogP contribution in [-0.4, -0.2) is 47.9 Å². The maximum atomic E-state index is 12.5. The number of benzene rings is 1. The van der Waals surface area contributed by atoms with E-state index in [0.29, 0.717) is 12.5 Å². The van der Waals surface area contributed by atoms with Gasteiger partial charge in [-0.2, -0.15) is 0 Å². The number of amides is 1. The molecule has 0 aliphatic carbocycles. The van der Waals surface area contributed by atoms with Crippen LogP contribution in [0.2, 0.25) is 0 Å². The molecule has 3 rings (SSSR count). The van der Waals surface area contributed by atoms with Crippen molar-refractivity contribution in [2.45, 2.75) is 45.6 Å². The van der Waals surface area contributed by atoms with E-state index in [0.717, 1.165) is 43.3 Å². The lowest BCUT2D eigenvalue weighted by Gasteiger charge is -2.43. The Balaban J connectivity index is 1.49. The number of carbonyl (C=O) groups is 1. The highest BCUT2D eigenvalue weighted by Crippen LogP contribution is 2.26. The van der Waals surface area contributed by atoms with E-state index in [1.165, 1.54) is 19.5 Å². The summed E-state index contributed by atoms with van der Waals surface area (Å²) in [5.41, 5.74) is 1.12. The molecule has 2 aliphatic rings. The quantitative estimate of drug-likeness (QED) is 0.855. The van der Waals surface area contributed by atoms with E-state index < -0.39 is 0 Å². The van der Waals surface area contributed by atoms with Crippen molar-refractivity contribution in [2.24, 2.45) is 11.8 Å². The van der Waals surface area contributed by atoms with Crippen LogP contribution in [0.25, 0.3) is 0 Å². The first-order valence-corrected chi connectivity index (χ1v) is 9.17. The molecule has 1 aromatic rings. The minimum Gasteiger partial charge on any atom is -0.342 e. The molecule has 0 radical (unpaired) electrons. The third-order valence-electron chi connectivity index (χ3n) is 5.43. The molecule has 0 bridgehead atoms. The monoisotopic (exact) mass is 314 g/mol. The van der Waals surface area contributed by atoms with Crippen LogP contribution in [0.5, 0.6) is 0 Å². The molecule has 3 heteroatoms. The molecule has 2 aliphatic heterocycles. The Bertz CT molecular complexity index is 498. The smallest absolute Gasteiger partial charge is 0.226 e. The minimum absolute atomic E-state index is 0.287. The molecule has 1 aromatic carbocycles. The molecule has 126 valence electrons. The highest BCUT2D eigenvalue weighted by molar-refractivity contribution is 5.78. The van der Waals surface area contributed by atoms with Gasteiger partial charge in [0.15, 0.2) is 0 Å². The summed E-state index contributed by atoms with van der Waals surface area (Å²) in [6.07, 6.45) is 4.19. The second-order valence-electron chi connectivity index (χ2n) is 7.67. The first-order chi connectivity index (χ1) is 11.1. The zero-order chi connectivity index (χ0) is 16.2. The van der Waals surface area contributed by atoms with Gasteiger partial charge in [-0.05, 0) is 36.7 Å². The van der Waals surface area contributed by atoms with Crippen LogP contribution < -0.4 is 0 Å². The maximum Gasteiger partial charge on any atom is 0.226 e. The van der Waals surface area contributed by atoms with Gasteiger partial charge in [-0.1, -0.05) is 44.2 Å². The number of likely N-dealkylation sites (tertiary alicyclic amines) is 2. The van der Waals surface area contributed by atoms with Crippen molar-refractivity contribution >= 4 is 5.91 Å². The molecule has 23 heavy (non-hydrogen) atoms. The standard InChI is InChI=1S/C20H30N2O/c1-16-12-17(2)15-22(14-16)19-8-10-21(11-9-19)20(23)13-18-6-4-3-5-7-18/h3-7,16-17,19H,8-15H2,1-2H3/t16-,17+. The largest absolute Gasteiger partial charge is 0.342 e. The molecule has 0 spiro atoms. The Morgan fingerprint density at radius 3 is 2.26 bits per heavy atom. The maximum absolute atomic E-state index is 12.5. The van der Waals surface area contributed by atoms with Crippen molar-refractivity contribution in [3.8, 4) is 0 Å². The third kappa shape index (κ3) is 4.35. The van der Waals surface area contributed by atoms with E-state index in [-0.39, 0.29) is 5.91 Å². The van der Waals surface area contributed by atoms with Crippen molar-refractivity contribution in [2.75, 3.05) is 26.2 Å². The van der Waals surface area contributed by atoms with E-state index in [1.807, 2.05) is 30.3 Å². The zero-order valence-electron chi connectivity index (χ0n) is 14.6. The Morgan fingerprint density at radius 2 is 1.65 bits per heavy atom. The fourth-order valence-electron chi connectivity index (χ4n) is 4.37. The van der Waals surface area contributed by atoms with Crippen LogP contribution in [0.15, 0.2) is 30.3 Å². The van der Waals surface area contributed by atoms with E-state index in [1.54, 1.807) is 0 Å². The summed E-state index contributed by atoms with van der Waals surface area (Å²) in [7, 11) is 0. The van der Waals surface area contributed by atoms with Gasteiger partial charge in [0.25, 0.3) is 0 Å². The average molecular weight is 314 g/mol. The second kappa shape index (κ2) is 7.48. The molecule has 1 amide bonds. The highest BCUT2D eigenvalue weighted by atomic mass is 16.2. The van der Waals surface area contributed by atoms with Gasteiger partial charge in [0.1, 0.15) is 0 Å². The van der Waals surface area contributed by atoms with Crippen LogP contribution in [0.3, 0.4) is 0 Å². The van der Waals surface area contributed by atoms with Crippen LogP contribution >= 0.6 is 0 Å². The number of piperidine rings is 2. The summed E-state index contributed by atoms with van der Waals surface area (Å²) >= 11 is 0. The SMILES string of the molecule is C[C@@H]1C[C@H](C)CN(C2CCN(C(=O)Cc3ccccc3)CC2)C1. The number of carbonyl (C=O) groups excluding carboxylic acids is 1.